The fraction of sp³-hybridized carbons (Fsp3) is 0.529. The van der Waals surface area contributed by atoms with Crippen LogP contribution in [0.3, 0.4) is 0 Å². The molecule has 0 aromatic heterocycles. The SMILES string of the molecule is Cc1ccc(CCC2(C)CCN([C@H](CO)C(=O)NO)C2=O)cc1. The number of aliphatic hydroxyl groups is 1. The Morgan fingerprint density at radius 2 is 2.04 bits per heavy atom. The number of hydrogen-bond acceptors (Lipinski definition) is 4. The first-order chi connectivity index (χ1) is 10.9. The number of aryl methyl sites for hydroxylation is 2. The van der Waals surface area contributed by atoms with E-state index in [0.717, 1.165) is 6.42 Å². The molecule has 1 unspecified atom stereocenters. The van der Waals surface area contributed by atoms with Crippen LogP contribution < -0.4 is 5.48 Å². The Balaban J connectivity index is 2.03. The third-order valence-electron chi connectivity index (χ3n) is 4.73. The van der Waals surface area contributed by atoms with Gasteiger partial charge >= 0.3 is 0 Å². The number of nitrogens with one attached hydrogen (secondary N) is 1. The lowest BCUT2D eigenvalue weighted by Gasteiger charge is -2.27. The number of rotatable bonds is 6. The number of carbonyl (C=O) groups excluding carboxylic acids is 2. The number of hydroxylamine groups is 1. The summed E-state index contributed by atoms with van der Waals surface area (Å²) in [6.45, 7) is 3.83. The molecule has 1 aliphatic rings. The van der Waals surface area contributed by atoms with Gasteiger partial charge in [0.15, 0.2) is 0 Å². The lowest BCUT2D eigenvalue weighted by molar-refractivity contribution is -0.147. The molecule has 1 fully saturated rings. The zero-order valence-electron chi connectivity index (χ0n) is 13.6. The molecule has 2 atom stereocenters. The van der Waals surface area contributed by atoms with E-state index < -0.39 is 24.0 Å². The number of benzene rings is 1. The van der Waals surface area contributed by atoms with Crippen LogP contribution in [-0.4, -0.2) is 46.2 Å². The van der Waals surface area contributed by atoms with Gasteiger partial charge in [-0.25, -0.2) is 5.48 Å². The van der Waals surface area contributed by atoms with Crippen molar-refractivity contribution in [3.05, 3.63) is 35.4 Å². The third kappa shape index (κ3) is 3.71. The summed E-state index contributed by atoms with van der Waals surface area (Å²) in [7, 11) is 0. The molecule has 0 bridgehead atoms. The molecule has 1 saturated heterocycles. The number of aliphatic hydroxyl groups excluding tert-OH is 1. The van der Waals surface area contributed by atoms with Crippen LogP contribution in [0.15, 0.2) is 24.3 Å². The van der Waals surface area contributed by atoms with E-state index in [1.54, 1.807) is 0 Å². The summed E-state index contributed by atoms with van der Waals surface area (Å²) in [5, 5.41) is 18.1. The Bertz CT molecular complexity index is 572. The molecule has 1 aromatic carbocycles. The van der Waals surface area contributed by atoms with Crippen molar-refractivity contribution in [3.63, 3.8) is 0 Å². The summed E-state index contributed by atoms with van der Waals surface area (Å²) < 4.78 is 0. The highest BCUT2D eigenvalue weighted by Gasteiger charge is 2.46. The van der Waals surface area contributed by atoms with E-state index in [4.69, 9.17) is 5.21 Å². The monoisotopic (exact) mass is 320 g/mol. The molecule has 1 aromatic rings. The van der Waals surface area contributed by atoms with Crippen molar-refractivity contribution in [1.82, 2.24) is 10.4 Å². The van der Waals surface area contributed by atoms with Gasteiger partial charge in [-0.2, -0.15) is 0 Å². The minimum Gasteiger partial charge on any atom is -0.394 e. The highest BCUT2D eigenvalue weighted by Crippen LogP contribution is 2.37. The molecule has 1 heterocycles. The molecular formula is C17H24N2O4. The van der Waals surface area contributed by atoms with E-state index in [0.29, 0.717) is 19.4 Å². The molecule has 0 radical (unpaired) electrons. The molecule has 0 saturated carbocycles. The maximum Gasteiger partial charge on any atom is 0.268 e. The molecular weight excluding hydrogens is 296 g/mol. The van der Waals surface area contributed by atoms with Crippen LogP contribution in [0.5, 0.6) is 0 Å². The number of nitrogens with zero attached hydrogens (tertiary/aromatic N) is 1. The van der Waals surface area contributed by atoms with Crippen LogP contribution >= 0.6 is 0 Å². The van der Waals surface area contributed by atoms with E-state index in [9.17, 15) is 14.7 Å². The first-order valence-electron chi connectivity index (χ1n) is 7.83. The van der Waals surface area contributed by atoms with Crippen LogP contribution in [-0.2, 0) is 16.0 Å². The van der Waals surface area contributed by atoms with Crippen molar-refractivity contribution in [2.75, 3.05) is 13.2 Å². The van der Waals surface area contributed by atoms with Gasteiger partial charge < -0.3 is 10.0 Å². The van der Waals surface area contributed by atoms with Crippen LogP contribution in [0.25, 0.3) is 0 Å². The van der Waals surface area contributed by atoms with Gasteiger partial charge in [-0.3, -0.25) is 14.8 Å². The van der Waals surface area contributed by atoms with E-state index in [1.807, 2.05) is 26.0 Å². The smallest absolute Gasteiger partial charge is 0.268 e. The van der Waals surface area contributed by atoms with Gasteiger partial charge in [-0.1, -0.05) is 36.8 Å². The quantitative estimate of drug-likeness (QED) is 0.539. The van der Waals surface area contributed by atoms with Crippen molar-refractivity contribution >= 4 is 11.8 Å². The summed E-state index contributed by atoms with van der Waals surface area (Å²) in [6.07, 6.45) is 2.10. The maximum atomic E-state index is 12.7. The average molecular weight is 320 g/mol. The fourth-order valence-corrected chi connectivity index (χ4v) is 3.02. The topological polar surface area (TPSA) is 89.9 Å². The predicted octanol–water partition coefficient (Wildman–Crippen LogP) is 1.03. The van der Waals surface area contributed by atoms with Crippen LogP contribution in [0.1, 0.15) is 30.9 Å². The molecule has 6 nitrogen and oxygen atoms in total. The van der Waals surface area contributed by atoms with Gasteiger partial charge in [0.25, 0.3) is 5.91 Å². The minimum absolute atomic E-state index is 0.146. The first-order valence-corrected chi connectivity index (χ1v) is 7.83. The maximum absolute atomic E-state index is 12.7. The second kappa shape index (κ2) is 7.10. The Hall–Kier alpha value is -1.92. The van der Waals surface area contributed by atoms with E-state index in [1.165, 1.54) is 21.5 Å². The highest BCUT2D eigenvalue weighted by atomic mass is 16.5. The van der Waals surface area contributed by atoms with Crippen LogP contribution in [0, 0.1) is 12.3 Å². The molecule has 23 heavy (non-hydrogen) atoms. The van der Waals surface area contributed by atoms with Crippen LogP contribution in [0.4, 0.5) is 0 Å². The van der Waals surface area contributed by atoms with Crippen molar-refractivity contribution in [3.8, 4) is 0 Å². The molecule has 3 N–H and O–H groups in total. The normalized spacial score (nSPS) is 22.3. The molecule has 0 spiro atoms. The van der Waals surface area contributed by atoms with E-state index >= 15 is 0 Å². The Morgan fingerprint density at radius 3 is 2.61 bits per heavy atom. The second-order valence-corrected chi connectivity index (χ2v) is 6.47. The summed E-state index contributed by atoms with van der Waals surface area (Å²) in [5.41, 5.74) is 3.34. The number of likely N-dealkylation sites (tertiary alicyclic amines) is 1. The Kier molecular flexibility index (Phi) is 5.38. The van der Waals surface area contributed by atoms with E-state index in [-0.39, 0.29) is 5.91 Å². The van der Waals surface area contributed by atoms with Crippen molar-refractivity contribution in [2.24, 2.45) is 5.41 Å². The van der Waals surface area contributed by atoms with Gasteiger partial charge in [0.05, 0.1) is 6.61 Å². The lowest BCUT2D eigenvalue weighted by Crippen LogP contribution is -2.50. The summed E-state index contributed by atoms with van der Waals surface area (Å²) in [4.78, 5) is 25.6. The first kappa shape index (κ1) is 17.4. The lowest BCUT2D eigenvalue weighted by atomic mass is 9.82. The third-order valence-corrected chi connectivity index (χ3v) is 4.73. The number of amides is 2. The van der Waals surface area contributed by atoms with Crippen molar-refractivity contribution < 1.29 is 19.9 Å². The number of hydrogen-bond donors (Lipinski definition) is 3. The summed E-state index contributed by atoms with van der Waals surface area (Å²) >= 11 is 0. The Labute approximate surface area is 136 Å². The predicted molar refractivity (Wildman–Crippen MR) is 84.7 cm³/mol. The van der Waals surface area contributed by atoms with Gasteiger partial charge in [0.2, 0.25) is 5.91 Å². The van der Waals surface area contributed by atoms with Gasteiger partial charge in [0, 0.05) is 12.0 Å². The van der Waals surface area contributed by atoms with Gasteiger partial charge in [0.1, 0.15) is 6.04 Å². The molecule has 126 valence electrons. The average Bonchev–Trinajstić information content (AvgIpc) is 2.84. The highest BCUT2D eigenvalue weighted by molar-refractivity contribution is 5.91. The Morgan fingerprint density at radius 1 is 1.39 bits per heavy atom. The van der Waals surface area contributed by atoms with Crippen molar-refractivity contribution in [1.29, 1.82) is 0 Å². The summed E-state index contributed by atoms with van der Waals surface area (Å²) in [6, 6.07) is 7.19. The second-order valence-electron chi connectivity index (χ2n) is 6.47. The minimum atomic E-state index is -1.03. The van der Waals surface area contributed by atoms with Crippen molar-refractivity contribution in [2.45, 2.75) is 39.2 Å². The summed E-state index contributed by atoms with van der Waals surface area (Å²) in [5.74, 6) is -0.907. The zero-order valence-corrected chi connectivity index (χ0v) is 13.6. The molecule has 1 aliphatic heterocycles. The zero-order chi connectivity index (χ0) is 17.0. The molecule has 0 aliphatic carbocycles. The van der Waals surface area contributed by atoms with Gasteiger partial charge in [-0.15, -0.1) is 0 Å². The molecule has 2 rings (SSSR count). The largest absolute Gasteiger partial charge is 0.394 e. The number of carbonyl (C=O) groups is 2. The standard InChI is InChI=1S/C17H24N2O4/c1-12-3-5-13(6-4-12)7-8-17(2)9-10-19(16(17)22)14(11-20)15(21)18-23/h3-6,14,20,23H,7-11H2,1-2H3,(H,18,21)/t14-,17?/m1/s1. The van der Waals surface area contributed by atoms with E-state index in [2.05, 4.69) is 12.1 Å². The molecule has 6 heteroatoms. The van der Waals surface area contributed by atoms with Crippen LogP contribution in [0.2, 0.25) is 0 Å². The fourth-order valence-electron chi connectivity index (χ4n) is 3.02. The molecule has 2 amide bonds. The van der Waals surface area contributed by atoms with Gasteiger partial charge in [-0.05, 0) is 31.7 Å².